The predicted molar refractivity (Wildman–Crippen MR) is 116 cm³/mol. The Hall–Kier alpha value is -3.50. The quantitative estimate of drug-likeness (QED) is 0.345. The first-order valence-electron chi connectivity index (χ1n) is 9.72. The highest BCUT2D eigenvalue weighted by Gasteiger charge is 2.41. The summed E-state index contributed by atoms with van der Waals surface area (Å²) in [5, 5.41) is 2.51. The molecule has 0 aliphatic carbocycles. The van der Waals surface area contributed by atoms with Crippen molar-refractivity contribution in [3.8, 4) is 5.69 Å². The van der Waals surface area contributed by atoms with Gasteiger partial charge in [0, 0.05) is 18.2 Å². The number of imide groups is 1. The van der Waals surface area contributed by atoms with E-state index >= 15 is 0 Å². The minimum absolute atomic E-state index is 0.270. The van der Waals surface area contributed by atoms with E-state index in [4.69, 9.17) is 11.6 Å². The Morgan fingerprint density at radius 3 is 2.13 bits per heavy atom. The number of hydrogen-bond donors (Lipinski definition) is 0. The van der Waals surface area contributed by atoms with Crippen molar-refractivity contribution < 1.29 is 14.2 Å². The normalized spacial score (nSPS) is 14.3. The third-order valence-electron chi connectivity index (χ3n) is 5.60. The average molecular weight is 414 g/mol. The topological polar surface area (TPSA) is 41.3 Å². The minimum Gasteiger partial charge on any atom is -0.269 e. The van der Waals surface area contributed by atoms with Gasteiger partial charge in [0.1, 0.15) is 6.04 Å². The Kier molecular flexibility index (Phi) is 4.37. The number of fused-ring (bicyclic) bond motifs is 2. The number of rotatable bonds is 3. The van der Waals surface area contributed by atoms with Gasteiger partial charge >= 0.3 is 0 Å². The lowest BCUT2D eigenvalue weighted by molar-refractivity contribution is -0.605. The molecule has 0 saturated heterocycles. The molecule has 1 aliphatic heterocycles. The molecule has 0 bridgehead atoms. The van der Waals surface area contributed by atoms with E-state index < -0.39 is 6.04 Å². The number of benzene rings is 3. The molecular weight excluding hydrogens is 396 g/mol. The van der Waals surface area contributed by atoms with Gasteiger partial charge in [0.2, 0.25) is 11.4 Å². The summed E-state index contributed by atoms with van der Waals surface area (Å²) in [7, 11) is 0. The Morgan fingerprint density at radius 1 is 0.833 bits per heavy atom. The van der Waals surface area contributed by atoms with Crippen LogP contribution in [0.25, 0.3) is 16.5 Å². The second-order valence-electron chi connectivity index (χ2n) is 7.35. The summed E-state index contributed by atoms with van der Waals surface area (Å²) in [4.78, 5) is 27.5. The number of pyridine rings is 1. The molecule has 146 valence electrons. The number of para-hydroxylation sites is 1. The van der Waals surface area contributed by atoms with Gasteiger partial charge in [0.25, 0.3) is 11.8 Å². The van der Waals surface area contributed by atoms with E-state index in [1.807, 2.05) is 72.3 Å². The lowest BCUT2D eigenvalue weighted by Gasteiger charge is -2.21. The van der Waals surface area contributed by atoms with Crippen molar-refractivity contribution in [2.75, 3.05) is 0 Å². The van der Waals surface area contributed by atoms with Crippen LogP contribution in [-0.4, -0.2) is 16.7 Å². The zero-order valence-corrected chi connectivity index (χ0v) is 17.0. The third kappa shape index (κ3) is 2.80. The van der Waals surface area contributed by atoms with Crippen molar-refractivity contribution in [2.45, 2.75) is 13.0 Å². The molecule has 2 amide bonds. The standard InChI is InChI=1S/C25H18ClN2O2/c1-16(28-24(29)19-11-5-6-12-20(19)25(28)30)23-14-17-8-7-13-22(26)21(17)15-27(23)18-9-3-2-4-10-18/h2-16H,1H3/q+1. The largest absolute Gasteiger partial charge is 0.269 e. The van der Waals surface area contributed by atoms with Gasteiger partial charge in [0.05, 0.1) is 21.5 Å². The molecule has 1 aliphatic rings. The molecule has 3 aromatic carbocycles. The zero-order valence-electron chi connectivity index (χ0n) is 16.2. The molecule has 0 radical (unpaired) electrons. The van der Waals surface area contributed by atoms with Gasteiger partial charge in [-0.2, -0.15) is 4.57 Å². The molecule has 1 aromatic heterocycles. The minimum atomic E-state index is -0.471. The zero-order chi connectivity index (χ0) is 20.8. The molecule has 0 saturated carbocycles. The van der Waals surface area contributed by atoms with Crippen LogP contribution in [0.4, 0.5) is 0 Å². The second kappa shape index (κ2) is 7.08. The van der Waals surface area contributed by atoms with Gasteiger partial charge in [-0.1, -0.05) is 54.1 Å². The van der Waals surface area contributed by atoms with Crippen LogP contribution >= 0.6 is 11.6 Å². The van der Waals surface area contributed by atoms with E-state index in [1.165, 1.54) is 4.90 Å². The second-order valence-corrected chi connectivity index (χ2v) is 7.76. The molecule has 5 rings (SSSR count). The van der Waals surface area contributed by atoms with E-state index in [9.17, 15) is 9.59 Å². The van der Waals surface area contributed by atoms with Crippen LogP contribution in [0.3, 0.4) is 0 Å². The van der Waals surface area contributed by atoms with Crippen molar-refractivity contribution in [2.24, 2.45) is 0 Å². The summed E-state index contributed by atoms with van der Waals surface area (Å²) in [5.74, 6) is -0.539. The van der Waals surface area contributed by atoms with Crippen LogP contribution in [-0.2, 0) is 0 Å². The molecule has 1 unspecified atom stereocenters. The van der Waals surface area contributed by atoms with E-state index in [1.54, 1.807) is 24.3 Å². The highest BCUT2D eigenvalue weighted by Crippen LogP contribution is 2.32. The van der Waals surface area contributed by atoms with Gasteiger partial charge in [-0.15, -0.1) is 0 Å². The van der Waals surface area contributed by atoms with Crippen molar-refractivity contribution >= 4 is 34.2 Å². The molecule has 1 atom stereocenters. The summed E-state index contributed by atoms with van der Waals surface area (Å²) in [5.41, 5.74) is 2.65. The smallest absolute Gasteiger partial charge is 0.262 e. The molecular formula is C25H18ClN2O2+. The van der Waals surface area contributed by atoms with Crippen LogP contribution in [0.1, 0.15) is 39.4 Å². The maximum atomic E-state index is 13.1. The SMILES string of the molecule is CC(c1cc2cccc(Cl)c2c[n+]1-c1ccccc1)N1C(=O)c2ccccc2C1=O. The highest BCUT2D eigenvalue weighted by molar-refractivity contribution is 6.35. The fourth-order valence-corrected chi connectivity index (χ4v) is 4.30. The number of carbonyl (C=O) groups excluding carboxylic acids is 2. The summed E-state index contributed by atoms with van der Waals surface area (Å²) in [6.07, 6.45) is 1.97. The number of aromatic nitrogens is 1. The number of amides is 2. The number of halogens is 1. The maximum absolute atomic E-state index is 13.1. The Balaban J connectivity index is 1.70. The van der Waals surface area contributed by atoms with Crippen molar-refractivity contribution in [3.05, 3.63) is 107 Å². The van der Waals surface area contributed by atoms with Crippen LogP contribution in [0, 0.1) is 0 Å². The Morgan fingerprint density at radius 2 is 1.47 bits per heavy atom. The Labute approximate surface area is 178 Å². The predicted octanol–water partition coefficient (Wildman–Crippen LogP) is 5.13. The summed E-state index contributed by atoms with van der Waals surface area (Å²) in [6.45, 7) is 1.88. The molecule has 2 heterocycles. The highest BCUT2D eigenvalue weighted by atomic mass is 35.5. The fraction of sp³-hybridized carbons (Fsp3) is 0.0800. The van der Waals surface area contributed by atoms with Crippen molar-refractivity contribution in [3.63, 3.8) is 0 Å². The molecule has 0 N–H and O–H groups in total. The first-order chi connectivity index (χ1) is 14.6. The molecule has 4 nitrogen and oxygen atoms in total. The van der Waals surface area contributed by atoms with Crippen molar-refractivity contribution in [1.29, 1.82) is 0 Å². The van der Waals surface area contributed by atoms with Crippen LogP contribution in [0.15, 0.2) is 85.1 Å². The summed E-state index contributed by atoms with van der Waals surface area (Å²) >= 11 is 6.45. The van der Waals surface area contributed by atoms with Crippen LogP contribution < -0.4 is 4.57 Å². The first-order valence-corrected chi connectivity index (χ1v) is 10.1. The lowest BCUT2D eigenvalue weighted by atomic mass is 10.1. The fourth-order valence-electron chi connectivity index (χ4n) is 4.07. The average Bonchev–Trinajstić information content (AvgIpc) is 3.04. The van der Waals surface area contributed by atoms with Crippen molar-refractivity contribution in [1.82, 2.24) is 4.90 Å². The van der Waals surface area contributed by atoms with Gasteiger partial charge in [0.15, 0.2) is 6.20 Å². The molecule has 30 heavy (non-hydrogen) atoms. The van der Waals surface area contributed by atoms with Gasteiger partial charge < -0.3 is 0 Å². The van der Waals surface area contributed by atoms with Gasteiger partial charge in [-0.25, -0.2) is 0 Å². The van der Waals surface area contributed by atoms with E-state index in [0.29, 0.717) is 16.1 Å². The van der Waals surface area contributed by atoms with E-state index in [-0.39, 0.29) is 11.8 Å². The lowest BCUT2D eigenvalue weighted by Crippen LogP contribution is -2.42. The number of nitrogens with zero attached hydrogens (tertiary/aromatic N) is 2. The molecule has 0 spiro atoms. The van der Waals surface area contributed by atoms with E-state index in [0.717, 1.165) is 22.2 Å². The Bertz CT molecular complexity index is 1280. The van der Waals surface area contributed by atoms with Crippen LogP contribution in [0.5, 0.6) is 0 Å². The van der Waals surface area contributed by atoms with E-state index in [2.05, 4.69) is 0 Å². The van der Waals surface area contributed by atoms with Gasteiger partial charge in [-0.3, -0.25) is 14.5 Å². The number of carbonyl (C=O) groups is 2. The first kappa shape index (κ1) is 18.5. The summed E-state index contributed by atoms with van der Waals surface area (Å²) < 4.78 is 2.00. The van der Waals surface area contributed by atoms with Crippen LogP contribution in [0.2, 0.25) is 5.02 Å². The van der Waals surface area contributed by atoms with Gasteiger partial charge in [-0.05, 0) is 30.5 Å². The third-order valence-corrected chi connectivity index (χ3v) is 5.93. The molecule has 0 fully saturated rings. The monoisotopic (exact) mass is 413 g/mol. The molecule has 5 heteroatoms. The molecule has 4 aromatic rings. The number of hydrogen-bond acceptors (Lipinski definition) is 2. The maximum Gasteiger partial charge on any atom is 0.262 e. The summed E-state index contributed by atoms with van der Waals surface area (Å²) in [6, 6.07) is 24.1.